The topological polar surface area (TPSA) is 59.5 Å². The second-order valence-corrected chi connectivity index (χ2v) is 6.23. The van der Waals surface area contributed by atoms with Crippen LogP contribution in [0.2, 0.25) is 0 Å². The lowest BCUT2D eigenvalue weighted by molar-refractivity contribution is -0.143. The number of ether oxygens (including phenoxy) is 1. The maximum atomic E-state index is 13.2. The number of hydrogen-bond acceptors (Lipinski definition) is 4. The second kappa shape index (κ2) is 7.47. The van der Waals surface area contributed by atoms with E-state index in [1.54, 1.807) is 11.1 Å². The minimum Gasteiger partial charge on any atom is -0.467 e. The highest BCUT2D eigenvalue weighted by Crippen LogP contribution is 2.49. The molecule has 0 N–H and O–H groups in total. The monoisotopic (exact) mass is 338 g/mol. The molecule has 1 saturated carbocycles. The average Bonchev–Trinajstić information content (AvgIpc) is 3.47. The summed E-state index contributed by atoms with van der Waals surface area (Å²) in [6.45, 7) is 1.89. The molecule has 1 aromatic heterocycles. The third-order valence-corrected chi connectivity index (χ3v) is 4.66. The predicted octanol–water partition coefficient (Wildman–Crippen LogP) is 3.17. The van der Waals surface area contributed by atoms with Gasteiger partial charge in [0.05, 0.1) is 7.11 Å². The zero-order chi connectivity index (χ0) is 17.8. The molecule has 1 aliphatic rings. The van der Waals surface area contributed by atoms with Crippen molar-refractivity contribution in [2.45, 2.75) is 31.7 Å². The fourth-order valence-electron chi connectivity index (χ4n) is 3.25. The van der Waals surface area contributed by atoms with Gasteiger partial charge in [-0.15, -0.1) is 0 Å². The van der Waals surface area contributed by atoms with Crippen molar-refractivity contribution in [1.82, 2.24) is 4.98 Å². The van der Waals surface area contributed by atoms with Crippen LogP contribution in [-0.2, 0) is 14.3 Å². The summed E-state index contributed by atoms with van der Waals surface area (Å²) >= 11 is 0. The molecule has 0 saturated heterocycles. The number of para-hydroxylation sites is 1. The number of amides is 1. The number of nitrogens with zero attached hydrogens (tertiary/aromatic N) is 2. The van der Waals surface area contributed by atoms with Crippen LogP contribution in [0.15, 0.2) is 54.9 Å². The van der Waals surface area contributed by atoms with Crippen LogP contribution in [0.3, 0.4) is 0 Å². The van der Waals surface area contributed by atoms with Crippen LogP contribution >= 0.6 is 0 Å². The Morgan fingerprint density at radius 2 is 2.00 bits per heavy atom. The number of rotatable bonds is 6. The van der Waals surface area contributed by atoms with Gasteiger partial charge >= 0.3 is 5.97 Å². The molecule has 130 valence electrons. The van der Waals surface area contributed by atoms with Crippen molar-refractivity contribution in [2.75, 3.05) is 12.0 Å². The molecule has 3 atom stereocenters. The molecule has 1 heterocycles. The molecule has 0 spiro atoms. The normalized spacial score (nSPS) is 19.8. The zero-order valence-corrected chi connectivity index (χ0v) is 14.5. The predicted molar refractivity (Wildman–Crippen MR) is 95.1 cm³/mol. The summed E-state index contributed by atoms with van der Waals surface area (Å²) in [6.07, 6.45) is 4.81. The fourth-order valence-corrected chi connectivity index (χ4v) is 3.25. The number of hydrogen-bond donors (Lipinski definition) is 0. The molecule has 1 fully saturated rings. The zero-order valence-electron chi connectivity index (χ0n) is 14.5. The van der Waals surface area contributed by atoms with Gasteiger partial charge in [0.1, 0.15) is 6.04 Å². The number of carbonyl (C=O) groups is 2. The van der Waals surface area contributed by atoms with E-state index in [1.165, 1.54) is 7.11 Å². The van der Waals surface area contributed by atoms with Crippen molar-refractivity contribution in [3.05, 3.63) is 60.4 Å². The van der Waals surface area contributed by atoms with Gasteiger partial charge in [0, 0.05) is 24.0 Å². The molecule has 25 heavy (non-hydrogen) atoms. The summed E-state index contributed by atoms with van der Waals surface area (Å²) in [5, 5.41) is 0. The van der Waals surface area contributed by atoms with Crippen molar-refractivity contribution in [1.29, 1.82) is 0 Å². The minimum atomic E-state index is -0.616. The molecule has 0 radical (unpaired) electrons. The van der Waals surface area contributed by atoms with Gasteiger partial charge in [0.25, 0.3) is 0 Å². The van der Waals surface area contributed by atoms with Crippen LogP contribution in [0.1, 0.15) is 31.2 Å². The van der Waals surface area contributed by atoms with Crippen LogP contribution in [0.5, 0.6) is 0 Å². The molecule has 0 unspecified atom stereocenters. The van der Waals surface area contributed by atoms with Crippen molar-refractivity contribution in [2.24, 2.45) is 5.92 Å². The number of benzene rings is 1. The number of methoxy groups -OCH3 is 1. The first-order valence-corrected chi connectivity index (χ1v) is 8.53. The van der Waals surface area contributed by atoms with Crippen LogP contribution in [0, 0.1) is 5.92 Å². The van der Waals surface area contributed by atoms with Crippen molar-refractivity contribution < 1.29 is 14.3 Å². The molecule has 3 rings (SSSR count). The molecule has 2 aromatic rings. The first-order chi connectivity index (χ1) is 12.2. The Kier molecular flexibility index (Phi) is 5.12. The smallest absolute Gasteiger partial charge is 0.328 e. The van der Waals surface area contributed by atoms with E-state index in [1.807, 2.05) is 55.6 Å². The maximum absolute atomic E-state index is 13.2. The van der Waals surface area contributed by atoms with Crippen LogP contribution < -0.4 is 4.90 Å². The standard InChI is InChI=1S/C20H22N2O3/c1-3-18(20(24)25-2)22(15-9-5-4-6-10-15)19(23)17-12-16(17)14-8-7-11-21-13-14/h4-11,13,16-18H,3,12H2,1-2H3/t16-,17+,18+/m0/s1. The quantitative estimate of drug-likeness (QED) is 0.759. The Bertz CT molecular complexity index is 733. The number of esters is 1. The summed E-state index contributed by atoms with van der Waals surface area (Å²) in [5.74, 6) is -0.374. The summed E-state index contributed by atoms with van der Waals surface area (Å²) < 4.78 is 4.92. The Hall–Kier alpha value is -2.69. The average molecular weight is 338 g/mol. The van der Waals surface area contributed by atoms with Gasteiger partial charge in [0.15, 0.2) is 0 Å². The van der Waals surface area contributed by atoms with Gasteiger partial charge < -0.3 is 4.74 Å². The number of carbonyl (C=O) groups excluding carboxylic acids is 2. The lowest BCUT2D eigenvalue weighted by atomic mass is 10.1. The Labute approximate surface area is 147 Å². The van der Waals surface area contributed by atoms with Crippen molar-refractivity contribution in [3.63, 3.8) is 0 Å². The molecular formula is C20H22N2O3. The summed E-state index contributed by atoms with van der Waals surface area (Å²) in [6, 6.07) is 12.6. The number of aromatic nitrogens is 1. The molecule has 5 nitrogen and oxygen atoms in total. The first kappa shape index (κ1) is 17.1. The second-order valence-electron chi connectivity index (χ2n) is 6.23. The van der Waals surface area contributed by atoms with Crippen LogP contribution in [0.25, 0.3) is 0 Å². The summed E-state index contributed by atoms with van der Waals surface area (Å²) in [4.78, 5) is 31.2. The molecule has 0 bridgehead atoms. The Morgan fingerprint density at radius 1 is 1.24 bits per heavy atom. The highest BCUT2D eigenvalue weighted by atomic mass is 16.5. The SMILES string of the molecule is CC[C@H](C(=O)OC)N(C(=O)[C@@H]1C[C@H]1c1cccnc1)c1ccccc1. The van der Waals surface area contributed by atoms with Gasteiger partial charge in [-0.1, -0.05) is 31.2 Å². The maximum Gasteiger partial charge on any atom is 0.328 e. The van der Waals surface area contributed by atoms with E-state index in [9.17, 15) is 9.59 Å². The van der Waals surface area contributed by atoms with E-state index in [2.05, 4.69) is 4.98 Å². The lowest BCUT2D eigenvalue weighted by Gasteiger charge is -2.29. The first-order valence-electron chi connectivity index (χ1n) is 8.53. The molecule has 1 aliphatic carbocycles. The molecular weight excluding hydrogens is 316 g/mol. The lowest BCUT2D eigenvalue weighted by Crippen LogP contribution is -2.46. The largest absolute Gasteiger partial charge is 0.467 e. The van der Waals surface area contributed by atoms with Gasteiger partial charge in [-0.3, -0.25) is 14.7 Å². The van der Waals surface area contributed by atoms with Gasteiger partial charge in [-0.05, 0) is 42.5 Å². The minimum absolute atomic E-state index is 0.0303. The van der Waals surface area contributed by atoms with Crippen molar-refractivity contribution >= 4 is 17.6 Å². The summed E-state index contributed by atoms with van der Waals surface area (Å²) in [7, 11) is 1.36. The third-order valence-electron chi connectivity index (χ3n) is 4.66. The summed E-state index contributed by atoms with van der Waals surface area (Å²) in [5.41, 5.74) is 1.79. The van der Waals surface area contributed by atoms with E-state index in [4.69, 9.17) is 4.74 Å². The van der Waals surface area contributed by atoms with Crippen LogP contribution in [-0.4, -0.2) is 30.0 Å². The van der Waals surface area contributed by atoms with Gasteiger partial charge in [0.2, 0.25) is 5.91 Å². The Morgan fingerprint density at radius 3 is 2.60 bits per heavy atom. The van der Waals surface area contributed by atoms with E-state index in [0.29, 0.717) is 6.42 Å². The molecule has 1 amide bonds. The number of pyridine rings is 1. The highest BCUT2D eigenvalue weighted by Gasteiger charge is 2.48. The van der Waals surface area contributed by atoms with E-state index >= 15 is 0 Å². The van der Waals surface area contributed by atoms with Gasteiger partial charge in [-0.2, -0.15) is 0 Å². The fraction of sp³-hybridized carbons (Fsp3) is 0.350. The van der Waals surface area contributed by atoms with Crippen LogP contribution in [0.4, 0.5) is 5.69 Å². The van der Waals surface area contributed by atoms with Gasteiger partial charge in [-0.25, -0.2) is 4.79 Å². The molecule has 0 aliphatic heterocycles. The Balaban J connectivity index is 1.87. The third kappa shape index (κ3) is 3.55. The van der Waals surface area contributed by atoms with E-state index in [-0.39, 0.29) is 17.7 Å². The highest BCUT2D eigenvalue weighted by molar-refractivity contribution is 6.02. The van der Waals surface area contributed by atoms with E-state index < -0.39 is 12.0 Å². The molecule has 5 heteroatoms. The number of anilines is 1. The van der Waals surface area contributed by atoms with Crippen molar-refractivity contribution in [3.8, 4) is 0 Å². The molecule has 1 aromatic carbocycles. The van der Waals surface area contributed by atoms with E-state index in [0.717, 1.165) is 17.7 Å².